The predicted molar refractivity (Wildman–Crippen MR) is 86.2 cm³/mol. The fourth-order valence-electron chi connectivity index (χ4n) is 2.78. The van der Waals surface area contributed by atoms with Gasteiger partial charge in [-0.2, -0.15) is 0 Å². The van der Waals surface area contributed by atoms with Crippen molar-refractivity contribution in [1.29, 1.82) is 0 Å². The quantitative estimate of drug-likeness (QED) is 0.813. The summed E-state index contributed by atoms with van der Waals surface area (Å²) in [5, 5.41) is 0. The van der Waals surface area contributed by atoms with E-state index in [4.69, 9.17) is 4.74 Å². The minimum Gasteiger partial charge on any atom is -0.473 e. The number of ether oxygens (including phenoxy) is 1. The van der Waals surface area contributed by atoms with E-state index in [-0.39, 0.29) is 6.10 Å². The van der Waals surface area contributed by atoms with E-state index in [9.17, 15) is 4.79 Å². The number of benzene rings is 1. The zero-order valence-electron chi connectivity index (χ0n) is 12.9. The topological polar surface area (TPSA) is 42.4 Å². The molecule has 4 nitrogen and oxygen atoms in total. The van der Waals surface area contributed by atoms with Crippen LogP contribution in [0.4, 0.5) is 0 Å². The SMILES string of the molecule is CC1C(Oc2cccc(-c3cccc(C=O)c3)n2)CCN1C. The maximum Gasteiger partial charge on any atom is 0.214 e. The van der Waals surface area contributed by atoms with Gasteiger partial charge in [-0.1, -0.05) is 24.3 Å². The van der Waals surface area contributed by atoms with E-state index in [1.54, 1.807) is 6.07 Å². The lowest BCUT2D eigenvalue weighted by Crippen LogP contribution is -2.32. The average molecular weight is 296 g/mol. The van der Waals surface area contributed by atoms with Crippen molar-refractivity contribution in [3.63, 3.8) is 0 Å². The molecule has 0 spiro atoms. The molecule has 1 fully saturated rings. The van der Waals surface area contributed by atoms with Crippen LogP contribution in [0, 0.1) is 0 Å². The Bertz CT molecular complexity index is 672. The maximum atomic E-state index is 10.9. The van der Waals surface area contributed by atoms with E-state index in [0.717, 1.165) is 30.5 Å². The summed E-state index contributed by atoms with van der Waals surface area (Å²) in [7, 11) is 2.11. The van der Waals surface area contributed by atoms with E-state index in [1.807, 2.05) is 36.4 Å². The summed E-state index contributed by atoms with van der Waals surface area (Å²) < 4.78 is 6.05. The van der Waals surface area contributed by atoms with Crippen LogP contribution in [0.2, 0.25) is 0 Å². The highest BCUT2D eigenvalue weighted by Crippen LogP contribution is 2.24. The monoisotopic (exact) mass is 296 g/mol. The Morgan fingerprint density at radius 3 is 2.82 bits per heavy atom. The molecule has 0 amide bonds. The van der Waals surface area contributed by atoms with Gasteiger partial charge in [-0.15, -0.1) is 0 Å². The second kappa shape index (κ2) is 6.28. The number of aromatic nitrogens is 1. The molecule has 0 N–H and O–H groups in total. The van der Waals surface area contributed by atoms with Gasteiger partial charge in [-0.25, -0.2) is 4.98 Å². The van der Waals surface area contributed by atoms with Crippen LogP contribution >= 0.6 is 0 Å². The van der Waals surface area contributed by atoms with Crippen molar-refractivity contribution in [2.45, 2.75) is 25.5 Å². The van der Waals surface area contributed by atoms with Gasteiger partial charge >= 0.3 is 0 Å². The number of hydrogen-bond acceptors (Lipinski definition) is 4. The fraction of sp³-hybridized carbons (Fsp3) is 0.333. The van der Waals surface area contributed by atoms with E-state index in [1.165, 1.54) is 0 Å². The highest BCUT2D eigenvalue weighted by molar-refractivity contribution is 5.78. The third-order valence-electron chi connectivity index (χ3n) is 4.31. The molecule has 1 aromatic carbocycles. The van der Waals surface area contributed by atoms with Crippen LogP contribution in [0.25, 0.3) is 11.3 Å². The number of nitrogens with zero attached hydrogens (tertiary/aromatic N) is 2. The average Bonchev–Trinajstić information content (AvgIpc) is 2.87. The molecule has 3 rings (SSSR count). The molecule has 0 aliphatic carbocycles. The molecule has 0 saturated carbocycles. The molecule has 0 bridgehead atoms. The Balaban J connectivity index is 1.82. The number of aldehydes is 1. The maximum absolute atomic E-state index is 10.9. The summed E-state index contributed by atoms with van der Waals surface area (Å²) in [6.45, 7) is 3.22. The van der Waals surface area contributed by atoms with Crippen LogP contribution in [-0.2, 0) is 0 Å². The first-order chi connectivity index (χ1) is 10.7. The van der Waals surface area contributed by atoms with Gasteiger partial charge in [-0.05, 0) is 32.5 Å². The van der Waals surface area contributed by atoms with Gasteiger partial charge in [0.2, 0.25) is 5.88 Å². The Kier molecular flexibility index (Phi) is 4.20. The first-order valence-electron chi connectivity index (χ1n) is 7.57. The second-order valence-electron chi connectivity index (χ2n) is 5.77. The lowest BCUT2D eigenvalue weighted by molar-refractivity contribution is 0.112. The van der Waals surface area contributed by atoms with Crippen molar-refractivity contribution in [3.8, 4) is 17.1 Å². The Morgan fingerprint density at radius 1 is 1.27 bits per heavy atom. The van der Waals surface area contributed by atoms with Crippen molar-refractivity contribution in [2.75, 3.05) is 13.6 Å². The van der Waals surface area contributed by atoms with Crippen LogP contribution in [0.15, 0.2) is 42.5 Å². The van der Waals surface area contributed by atoms with Crippen molar-refractivity contribution in [2.24, 2.45) is 0 Å². The van der Waals surface area contributed by atoms with Crippen molar-refractivity contribution >= 4 is 6.29 Å². The third-order valence-corrected chi connectivity index (χ3v) is 4.31. The predicted octanol–water partition coefficient (Wildman–Crippen LogP) is 3.03. The van der Waals surface area contributed by atoms with Crippen molar-refractivity contribution in [3.05, 3.63) is 48.0 Å². The largest absolute Gasteiger partial charge is 0.473 e. The van der Waals surface area contributed by atoms with Crippen molar-refractivity contribution < 1.29 is 9.53 Å². The minimum atomic E-state index is 0.175. The summed E-state index contributed by atoms with van der Waals surface area (Å²) in [6.07, 6.45) is 2.04. The second-order valence-corrected chi connectivity index (χ2v) is 5.77. The zero-order chi connectivity index (χ0) is 15.5. The molecule has 2 heterocycles. The lowest BCUT2D eigenvalue weighted by atomic mass is 10.1. The first kappa shape index (κ1) is 14.7. The highest BCUT2D eigenvalue weighted by atomic mass is 16.5. The van der Waals surface area contributed by atoms with E-state index >= 15 is 0 Å². The van der Waals surface area contributed by atoms with E-state index < -0.39 is 0 Å². The van der Waals surface area contributed by atoms with Gasteiger partial charge in [0.15, 0.2) is 0 Å². The van der Waals surface area contributed by atoms with Gasteiger partial charge < -0.3 is 4.74 Å². The molecular weight excluding hydrogens is 276 g/mol. The molecule has 1 aliphatic heterocycles. The number of likely N-dealkylation sites (N-methyl/N-ethyl adjacent to an activating group) is 1. The van der Waals surface area contributed by atoms with Crippen LogP contribution in [0.5, 0.6) is 5.88 Å². The first-order valence-corrected chi connectivity index (χ1v) is 7.57. The van der Waals surface area contributed by atoms with Crippen LogP contribution in [0.1, 0.15) is 23.7 Å². The summed E-state index contributed by atoms with van der Waals surface area (Å²) in [4.78, 5) is 17.8. The normalized spacial score (nSPS) is 21.7. The number of carbonyl (C=O) groups excluding carboxylic acids is 1. The van der Waals surface area contributed by atoms with Gasteiger partial charge in [0, 0.05) is 29.8 Å². The van der Waals surface area contributed by atoms with Gasteiger partial charge in [0.1, 0.15) is 12.4 Å². The van der Waals surface area contributed by atoms with Gasteiger partial charge in [0.05, 0.1) is 5.69 Å². The summed E-state index contributed by atoms with van der Waals surface area (Å²) >= 11 is 0. The molecule has 2 unspecified atom stereocenters. The smallest absolute Gasteiger partial charge is 0.214 e. The summed E-state index contributed by atoms with van der Waals surface area (Å²) in [6, 6.07) is 13.6. The molecule has 1 aliphatic rings. The molecule has 4 heteroatoms. The fourth-order valence-corrected chi connectivity index (χ4v) is 2.78. The molecule has 2 aromatic rings. The van der Waals surface area contributed by atoms with Crippen LogP contribution < -0.4 is 4.74 Å². The molecule has 1 saturated heterocycles. The number of rotatable bonds is 4. The van der Waals surface area contributed by atoms with Crippen molar-refractivity contribution in [1.82, 2.24) is 9.88 Å². The Hall–Kier alpha value is -2.20. The third kappa shape index (κ3) is 3.02. The number of hydrogen-bond donors (Lipinski definition) is 0. The van der Waals surface area contributed by atoms with Gasteiger partial charge in [-0.3, -0.25) is 9.69 Å². The highest BCUT2D eigenvalue weighted by Gasteiger charge is 2.29. The molecule has 2 atom stereocenters. The molecule has 1 aromatic heterocycles. The zero-order valence-corrected chi connectivity index (χ0v) is 12.9. The molecular formula is C18H20N2O2. The van der Waals surface area contributed by atoms with E-state index in [2.05, 4.69) is 23.9 Å². The molecule has 22 heavy (non-hydrogen) atoms. The minimum absolute atomic E-state index is 0.175. The van der Waals surface area contributed by atoms with Crippen LogP contribution in [0.3, 0.4) is 0 Å². The van der Waals surface area contributed by atoms with Crippen LogP contribution in [-0.4, -0.2) is 41.9 Å². The molecule has 114 valence electrons. The lowest BCUT2D eigenvalue weighted by Gasteiger charge is -2.21. The Morgan fingerprint density at radius 2 is 2.09 bits per heavy atom. The summed E-state index contributed by atoms with van der Waals surface area (Å²) in [5.41, 5.74) is 2.39. The standard InChI is InChI=1S/C18H20N2O2/c1-13-17(9-10-20(13)2)22-18-8-4-7-16(19-18)15-6-3-5-14(11-15)12-21/h3-8,11-13,17H,9-10H2,1-2H3. The van der Waals surface area contributed by atoms with E-state index in [0.29, 0.717) is 17.5 Å². The molecule has 0 radical (unpaired) electrons. The van der Waals surface area contributed by atoms with Gasteiger partial charge in [0.25, 0.3) is 0 Å². The number of carbonyl (C=O) groups is 1. The number of likely N-dealkylation sites (tertiary alicyclic amines) is 1. The number of pyridine rings is 1. The summed E-state index contributed by atoms with van der Waals surface area (Å²) in [5.74, 6) is 0.640. The Labute approximate surface area is 130 Å².